The molecule has 0 aliphatic carbocycles. The lowest BCUT2D eigenvalue weighted by Crippen LogP contribution is -2.64. The van der Waals surface area contributed by atoms with Gasteiger partial charge in [-0.15, -0.1) is 0 Å². The summed E-state index contributed by atoms with van der Waals surface area (Å²) in [7, 11) is 0. The Morgan fingerprint density at radius 1 is 0.791 bits per heavy atom. The average molecular weight is 611 g/mol. The smallest absolute Gasteiger partial charge is 0.239 e. The maximum atomic E-state index is 13.7. The number of phenolic OH excluding ortho intramolecular Hbond substituents is 4. The number of aliphatic hydroxyl groups is 6. The van der Waals surface area contributed by atoms with Gasteiger partial charge in [0, 0.05) is 17.7 Å². The maximum absolute atomic E-state index is 13.7. The third kappa shape index (κ3) is 5.55. The van der Waals surface area contributed by atoms with Crippen LogP contribution in [0.15, 0.2) is 39.5 Å². The third-order valence-electron chi connectivity index (χ3n) is 7.31. The molecule has 2 aromatic carbocycles. The first-order valence-electron chi connectivity index (χ1n) is 13.0. The van der Waals surface area contributed by atoms with Crippen molar-refractivity contribution in [1.29, 1.82) is 0 Å². The van der Waals surface area contributed by atoms with Crippen molar-refractivity contribution in [2.75, 3.05) is 6.61 Å². The summed E-state index contributed by atoms with van der Waals surface area (Å²) in [5.74, 6) is -3.40. The Labute approximate surface area is 241 Å². The zero-order valence-corrected chi connectivity index (χ0v) is 22.3. The number of hydrogen-bond donors (Lipinski definition) is 10. The zero-order valence-electron chi connectivity index (χ0n) is 22.3. The van der Waals surface area contributed by atoms with Crippen LogP contribution in [0.25, 0.3) is 22.3 Å². The maximum Gasteiger partial charge on any atom is 0.239 e. The molecule has 10 N–H and O–H groups in total. The summed E-state index contributed by atoms with van der Waals surface area (Å²) in [6, 6.07) is 5.21. The fourth-order valence-corrected chi connectivity index (χ4v) is 4.92. The van der Waals surface area contributed by atoms with E-state index in [-0.39, 0.29) is 11.1 Å². The standard InChI is InChI=1S/C27H30O16/c1-8-17(33)20(36)22(38)26(39-8)43-25-21(37)18(34)15(7-28)41-27(25)42-24-19(35)16-13(32)5-10(29)6-14(16)40-23(24)9-2-3-11(30)12(31)4-9/h2-6,8,15,17-18,20-22,25-34,36-38H,7H2,1H3/t8-,15+,17+,18+,20-,21-,22-,25-,26+,27-/m0/s1. The normalized spacial score (nSPS) is 33.0. The van der Waals surface area contributed by atoms with E-state index in [9.17, 15) is 55.9 Å². The number of rotatable bonds is 6. The van der Waals surface area contributed by atoms with Crippen LogP contribution in [-0.4, -0.2) is 119 Å². The molecule has 16 heteroatoms. The van der Waals surface area contributed by atoms with Crippen LogP contribution in [0.1, 0.15) is 6.92 Å². The van der Waals surface area contributed by atoms with E-state index in [0.717, 1.165) is 24.3 Å². The summed E-state index contributed by atoms with van der Waals surface area (Å²) in [6.45, 7) is 0.541. The van der Waals surface area contributed by atoms with Crippen LogP contribution in [0, 0.1) is 0 Å². The molecule has 43 heavy (non-hydrogen) atoms. The highest BCUT2D eigenvalue weighted by Crippen LogP contribution is 2.40. The Bertz CT molecular complexity index is 1540. The average Bonchev–Trinajstić information content (AvgIpc) is 2.96. The molecular weight excluding hydrogens is 580 g/mol. The summed E-state index contributed by atoms with van der Waals surface area (Å²) < 4.78 is 28.3. The molecule has 0 radical (unpaired) electrons. The van der Waals surface area contributed by atoms with Crippen LogP contribution >= 0.6 is 0 Å². The van der Waals surface area contributed by atoms with Crippen molar-refractivity contribution >= 4 is 11.0 Å². The fourth-order valence-electron chi connectivity index (χ4n) is 4.92. The largest absolute Gasteiger partial charge is 0.508 e. The van der Waals surface area contributed by atoms with Crippen molar-refractivity contribution in [3.63, 3.8) is 0 Å². The minimum absolute atomic E-state index is 0.0447. The van der Waals surface area contributed by atoms with Gasteiger partial charge in [-0.3, -0.25) is 4.79 Å². The second-order valence-electron chi connectivity index (χ2n) is 10.2. The molecule has 5 rings (SSSR count). The van der Waals surface area contributed by atoms with Gasteiger partial charge in [-0.1, -0.05) is 0 Å². The SMILES string of the molecule is C[C@@H]1O[C@H](O[C@@H]2[C@H](Oc3c(-c4ccc(O)c(O)c4)oc4cc(O)cc(O)c4c3=O)O[C@H](CO)[C@@H](O)[C@@H]2O)[C@@H](O)[C@@H](O)[C@@H]1O. The predicted molar refractivity (Wildman–Crippen MR) is 140 cm³/mol. The second-order valence-corrected chi connectivity index (χ2v) is 10.2. The molecule has 2 fully saturated rings. The van der Waals surface area contributed by atoms with Gasteiger partial charge in [0.05, 0.1) is 12.7 Å². The van der Waals surface area contributed by atoms with E-state index < -0.39 is 113 Å². The number of hydrogen-bond acceptors (Lipinski definition) is 16. The number of phenols is 4. The molecule has 3 aromatic rings. The van der Waals surface area contributed by atoms with Crippen molar-refractivity contribution in [2.45, 2.75) is 68.3 Å². The van der Waals surface area contributed by atoms with Crippen LogP contribution in [-0.2, 0) is 14.2 Å². The Balaban J connectivity index is 1.62. The number of benzene rings is 2. The number of ether oxygens (including phenoxy) is 4. The Hall–Kier alpha value is -3.71. The van der Waals surface area contributed by atoms with E-state index in [1.807, 2.05) is 0 Å². The van der Waals surface area contributed by atoms with Crippen LogP contribution in [0.5, 0.6) is 28.7 Å². The monoisotopic (exact) mass is 610 g/mol. The van der Waals surface area contributed by atoms with Crippen LogP contribution in [0.3, 0.4) is 0 Å². The van der Waals surface area contributed by atoms with Crippen LogP contribution in [0.4, 0.5) is 0 Å². The minimum atomic E-state index is -1.91. The molecule has 0 unspecified atom stereocenters. The van der Waals surface area contributed by atoms with Crippen molar-refractivity contribution in [2.24, 2.45) is 0 Å². The van der Waals surface area contributed by atoms with Gasteiger partial charge in [-0.25, -0.2) is 0 Å². The Kier molecular flexibility index (Phi) is 8.41. The van der Waals surface area contributed by atoms with Crippen molar-refractivity contribution in [3.05, 3.63) is 40.6 Å². The lowest BCUT2D eigenvalue weighted by atomic mass is 9.97. The zero-order chi connectivity index (χ0) is 31.3. The van der Waals surface area contributed by atoms with Gasteiger partial charge in [-0.05, 0) is 25.1 Å². The van der Waals surface area contributed by atoms with E-state index in [0.29, 0.717) is 0 Å². The number of aromatic hydroxyl groups is 4. The fraction of sp³-hybridized carbons (Fsp3) is 0.444. The summed E-state index contributed by atoms with van der Waals surface area (Å²) in [5, 5.41) is 102. The lowest BCUT2D eigenvalue weighted by molar-refractivity contribution is -0.354. The van der Waals surface area contributed by atoms with Crippen molar-refractivity contribution in [3.8, 4) is 40.1 Å². The van der Waals surface area contributed by atoms with E-state index in [4.69, 9.17) is 23.4 Å². The van der Waals surface area contributed by atoms with E-state index in [2.05, 4.69) is 0 Å². The molecular formula is C27H30O16. The first-order valence-corrected chi connectivity index (χ1v) is 13.0. The van der Waals surface area contributed by atoms with Gasteiger partial charge in [0.1, 0.15) is 59.1 Å². The molecule has 234 valence electrons. The predicted octanol–water partition coefficient (Wildman–Crippen LogP) is -1.69. The van der Waals surface area contributed by atoms with Gasteiger partial charge in [-0.2, -0.15) is 0 Å². The summed E-state index contributed by atoms with van der Waals surface area (Å²) in [5.41, 5.74) is -1.39. The molecule has 10 atom stereocenters. The molecule has 0 amide bonds. The number of aliphatic hydroxyl groups excluding tert-OH is 6. The molecule has 0 saturated carbocycles. The number of fused-ring (bicyclic) bond motifs is 1. The van der Waals surface area contributed by atoms with Gasteiger partial charge in [0.2, 0.25) is 17.5 Å². The Morgan fingerprint density at radius 2 is 1.51 bits per heavy atom. The molecule has 3 heterocycles. The van der Waals surface area contributed by atoms with Gasteiger partial charge < -0.3 is 74.4 Å². The quantitative estimate of drug-likeness (QED) is 0.140. The van der Waals surface area contributed by atoms with Crippen molar-refractivity contribution < 1.29 is 74.4 Å². The van der Waals surface area contributed by atoms with Gasteiger partial charge in [0.15, 0.2) is 29.7 Å². The first-order chi connectivity index (χ1) is 20.3. The third-order valence-corrected chi connectivity index (χ3v) is 7.31. The minimum Gasteiger partial charge on any atom is -0.508 e. The highest BCUT2D eigenvalue weighted by atomic mass is 16.8. The van der Waals surface area contributed by atoms with E-state index in [1.54, 1.807) is 0 Å². The topological polar surface area (TPSA) is 269 Å². The van der Waals surface area contributed by atoms with Gasteiger partial charge in [0.25, 0.3) is 0 Å². The van der Waals surface area contributed by atoms with E-state index in [1.165, 1.54) is 13.0 Å². The lowest BCUT2D eigenvalue weighted by Gasteiger charge is -2.45. The van der Waals surface area contributed by atoms with Crippen LogP contribution < -0.4 is 10.2 Å². The van der Waals surface area contributed by atoms with Crippen molar-refractivity contribution in [1.82, 2.24) is 0 Å². The molecule has 1 aromatic heterocycles. The molecule has 2 aliphatic rings. The Morgan fingerprint density at radius 3 is 2.19 bits per heavy atom. The van der Waals surface area contributed by atoms with Gasteiger partial charge >= 0.3 is 0 Å². The molecule has 0 spiro atoms. The highest BCUT2D eigenvalue weighted by Gasteiger charge is 2.51. The van der Waals surface area contributed by atoms with E-state index >= 15 is 0 Å². The molecule has 16 nitrogen and oxygen atoms in total. The molecule has 0 bridgehead atoms. The molecule has 2 saturated heterocycles. The summed E-state index contributed by atoms with van der Waals surface area (Å²) >= 11 is 0. The first kappa shape index (κ1) is 30.7. The molecule has 2 aliphatic heterocycles. The second kappa shape index (κ2) is 11.8. The van der Waals surface area contributed by atoms with Crippen LogP contribution in [0.2, 0.25) is 0 Å². The summed E-state index contributed by atoms with van der Waals surface area (Å²) in [4.78, 5) is 13.7. The summed E-state index contributed by atoms with van der Waals surface area (Å²) in [6.07, 6.45) is -16.7. The highest BCUT2D eigenvalue weighted by molar-refractivity contribution is 5.88.